The summed E-state index contributed by atoms with van der Waals surface area (Å²) in [5, 5.41) is 0. The van der Waals surface area contributed by atoms with Crippen LogP contribution in [0.4, 0.5) is 0 Å². The van der Waals surface area contributed by atoms with Crippen LogP contribution in [-0.4, -0.2) is 9.55 Å². The lowest BCUT2D eigenvalue weighted by Gasteiger charge is -2.22. The second kappa shape index (κ2) is 18.0. The number of aromatic nitrogens is 2. The molecule has 0 spiro atoms. The highest BCUT2D eigenvalue weighted by atomic mass is 15.1. The largest absolute Gasteiger partial charge is 0.332 e. The first-order valence-electron chi connectivity index (χ1n) is 13.3. The van der Waals surface area contributed by atoms with Crippen molar-refractivity contribution < 1.29 is 0 Å². The van der Waals surface area contributed by atoms with E-state index in [4.69, 9.17) is 4.98 Å². The predicted molar refractivity (Wildman–Crippen MR) is 130 cm³/mol. The fraction of sp³-hybridized carbons (Fsp3) is 0.889. The molecule has 0 saturated carbocycles. The molecule has 0 saturated heterocycles. The van der Waals surface area contributed by atoms with E-state index in [-0.39, 0.29) is 0 Å². The Hall–Kier alpha value is -0.790. The van der Waals surface area contributed by atoms with Crippen LogP contribution >= 0.6 is 0 Å². The van der Waals surface area contributed by atoms with E-state index < -0.39 is 0 Å². The summed E-state index contributed by atoms with van der Waals surface area (Å²) >= 11 is 0. The third kappa shape index (κ3) is 11.8. The fourth-order valence-electron chi connectivity index (χ4n) is 4.67. The van der Waals surface area contributed by atoms with Gasteiger partial charge in [0.25, 0.3) is 0 Å². The number of unbranched alkanes of at least 4 members (excludes halogenated alkanes) is 12. The molecule has 0 aliphatic carbocycles. The Balaban J connectivity index is 2.32. The molecule has 0 aliphatic heterocycles. The average molecular weight is 405 g/mol. The van der Waals surface area contributed by atoms with Crippen LogP contribution in [0.25, 0.3) is 0 Å². The highest BCUT2D eigenvalue weighted by Gasteiger charge is 2.19. The minimum atomic E-state index is 0.587. The Morgan fingerprint density at radius 1 is 0.655 bits per heavy atom. The van der Waals surface area contributed by atoms with Crippen LogP contribution in [0.1, 0.15) is 161 Å². The maximum atomic E-state index is 4.83. The van der Waals surface area contributed by atoms with Gasteiger partial charge in [-0.1, -0.05) is 117 Å². The van der Waals surface area contributed by atoms with Crippen LogP contribution in [0.15, 0.2) is 12.4 Å². The fourth-order valence-corrected chi connectivity index (χ4v) is 4.67. The third-order valence-corrected chi connectivity index (χ3v) is 6.56. The molecule has 0 bridgehead atoms. The van der Waals surface area contributed by atoms with Crippen molar-refractivity contribution in [2.24, 2.45) is 0 Å². The van der Waals surface area contributed by atoms with Crippen molar-refractivity contribution in [3.63, 3.8) is 0 Å². The molecule has 2 unspecified atom stereocenters. The number of hydrogen-bond acceptors (Lipinski definition) is 1. The molecule has 0 radical (unpaired) electrons. The highest BCUT2D eigenvalue weighted by Crippen LogP contribution is 2.30. The SMILES string of the molecule is CCCCCCCCCCCCCC(CCCCC)c1nccn1C(C)CCC. The van der Waals surface area contributed by atoms with Gasteiger partial charge in [0.1, 0.15) is 5.82 Å². The first-order chi connectivity index (χ1) is 14.2. The molecule has 1 rings (SSSR count). The van der Waals surface area contributed by atoms with E-state index in [1.165, 1.54) is 121 Å². The van der Waals surface area contributed by atoms with Crippen molar-refractivity contribution in [3.8, 4) is 0 Å². The summed E-state index contributed by atoms with van der Waals surface area (Å²) in [5.41, 5.74) is 0. The van der Waals surface area contributed by atoms with Gasteiger partial charge in [0, 0.05) is 24.4 Å². The quantitative estimate of drug-likeness (QED) is 0.198. The van der Waals surface area contributed by atoms with Gasteiger partial charge >= 0.3 is 0 Å². The van der Waals surface area contributed by atoms with E-state index in [0.717, 1.165) is 0 Å². The van der Waals surface area contributed by atoms with Crippen molar-refractivity contribution in [2.75, 3.05) is 0 Å². The van der Waals surface area contributed by atoms with E-state index in [9.17, 15) is 0 Å². The third-order valence-electron chi connectivity index (χ3n) is 6.56. The maximum Gasteiger partial charge on any atom is 0.111 e. The Bertz CT molecular complexity index is 465. The van der Waals surface area contributed by atoms with E-state index in [2.05, 4.69) is 38.5 Å². The second-order valence-corrected chi connectivity index (χ2v) is 9.35. The first kappa shape index (κ1) is 26.2. The van der Waals surface area contributed by atoms with Crippen LogP contribution in [0.3, 0.4) is 0 Å². The van der Waals surface area contributed by atoms with Gasteiger partial charge < -0.3 is 4.57 Å². The van der Waals surface area contributed by atoms with Gasteiger partial charge in [-0.2, -0.15) is 0 Å². The predicted octanol–water partition coefficient (Wildman–Crippen LogP) is 9.61. The molecular formula is C27H52N2. The van der Waals surface area contributed by atoms with Crippen molar-refractivity contribution in [2.45, 2.75) is 155 Å². The number of rotatable bonds is 20. The summed E-state index contributed by atoms with van der Waals surface area (Å²) in [5.74, 6) is 2.03. The smallest absolute Gasteiger partial charge is 0.111 e. The normalized spacial score (nSPS) is 13.7. The zero-order valence-corrected chi connectivity index (χ0v) is 20.4. The summed E-state index contributed by atoms with van der Waals surface area (Å²) in [7, 11) is 0. The van der Waals surface area contributed by atoms with Crippen LogP contribution in [-0.2, 0) is 0 Å². The minimum Gasteiger partial charge on any atom is -0.332 e. The van der Waals surface area contributed by atoms with Crippen LogP contribution in [0.5, 0.6) is 0 Å². The Kier molecular flexibility index (Phi) is 16.3. The summed E-state index contributed by atoms with van der Waals surface area (Å²) < 4.78 is 2.48. The molecular weight excluding hydrogens is 352 g/mol. The molecule has 170 valence electrons. The molecule has 0 N–H and O–H groups in total. The van der Waals surface area contributed by atoms with Gasteiger partial charge in [0.2, 0.25) is 0 Å². The van der Waals surface area contributed by atoms with Crippen LogP contribution < -0.4 is 0 Å². The van der Waals surface area contributed by atoms with E-state index in [1.807, 2.05) is 6.20 Å². The lowest BCUT2D eigenvalue weighted by atomic mass is 9.93. The van der Waals surface area contributed by atoms with Gasteiger partial charge in [-0.3, -0.25) is 0 Å². The summed E-state index contributed by atoms with van der Waals surface area (Å²) in [4.78, 5) is 4.83. The lowest BCUT2D eigenvalue weighted by molar-refractivity contribution is 0.424. The van der Waals surface area contributed by atoms with E-state index >= 15 is 0 Å². The van der Waals surface area contributed by atoms with Crippen LogP contribution in [0.2, 0.25) is 0 Å². The second-order valence-electron chi connectivity index (χ2n) is 9.35. The van der Waals surface area contributed by atoms with Gasteiger partial charge in [-0.05, 0) is 26.2 Å². The Morgan fingerprint density at radius 2 is 1.14 bits per heavy atom. The molecule has 2 heteroatoms. The minimum absolute atomic E-state index is 0.587. The summed E-state index contributed by atoms with van der Waals surface area (Å²) in [6, 6.07) is 0.587. The Labute approximate surface area is 183 Å². The van der Waals surface area contributed by atoms with Gasteiger partial charge in [-0.15, -0.1) is 0 Å². The summed E-state index contributed by atoms with van der Waals surface area (Å²) in [6.07, 6.45) is 29.1. The summed E-state index contributed by atoms with van der Waals surface area (Å²) in [6.45, 7) is 9.26. The Morgan fingerprint density at radius 3 is 1.69 bits per heavy atom. The molecule has 0 amide bonds. The molecule has 0 aromatic carbocycles. The van der Waals surface area contributed by atoms with Crippen molar-refractivity contribution in [3.05, 3.63) is 18.2 Å². The topological polar surface area (TPSA) is 17.8 Å². The molecule has 2 nitrogen and oxygen atoms in total. The van der Waals surface area contributed by atoms with Crippen molar-refractivity contribution in [1.82, 2.24) is 9.55 Å². The standard InChI is InChI=1S/C27H52N2/c1-5-8-10-11-12-13-14-15-16-17-19-22-26(21-18-9-6-2)27-28-23-24-29(27)25(4)20-7-3/h23-26H,5-22H2,1-4H3. The zero-order chi connectivity index (χ0) is 21.2. The van der Waals surface area contributed by atoms with Gasteiger partial charge in [0.05, 0.1) is 0 Å². The van der Waals surface area contributed by atoms with Gasteiger partial charge in [-0.25, -0.2) is 4.98 Å². The monoisotopic (exact) mass is 404 g/mol. The molecule has 1 heterocycles. The lowest BCUT2D eigenvalue weighted by Crippen LogP contribution is -2.13. The maximum absolute atomic E-state index is 4.83. The van der Waals surface area contributed by atoms with E-state index in [0.29, 0.717) is 12.0 Å². The molecule has 1 aromatic heterocycles. The zero-order valence-electron chi connectivity index (χ0n) is 20.4. The molecule has 0 fully saturated rings. The number of hydrogen-bond donors (Lipinski definition) is 0. The highest BCUT2D eigenvalue weighted by molar-refractivity contribution is 5.02. The molecule has 2 atom stereocenters. The number of nitrogens with zero attached hydrogens (tertiary/aromatic N) is 2. The van der Waals surface area contributed by atoms with Gasteiger partial charge in [0.15, 0.2) is 0 Å². The first-order valence-corrected chi connectivity index (χ1v) is 13.3. The van der Waals surface area contributed by atoms with Crippen molar-refractivity contribution in [1.29, 1.82) is 0 Å². The van der Waals surface area contributed by atoms with E-state index in [1.54, 1.807) is 0 Å². The van der Waals surface area contributed by atoms with Crippen LogP contribution in [0, 0.1) is 0 Å². The molecule has 0 aliphatic rings. The number of imidazole rings is 1. The molecule has 29 heavy (non-hydrogen) atoms. The van der Waals surface area contributed by atoms with Crippen molar-refractivity contribution >= 4 is 0 Å². The molecule has 1 aromatic rings. The average Bonchev–Trinajstić information content (AvgIpc) is 3.21.